The Morgan fingerprint density at radius 3 is 2.65 bits per heavy atom. The first-order valence-corrected chi connectivity index (χ1v) is 8.87. The Morgan fingerprint density at radius 1 is 1.58 bits per heavy atom. The topological polar surface area (TPSA) is 83.1 Å². The summed E-state index contributed by atoms with van der Waals surface area (Å²) >= 11 is 6.15. The summed E-state index contributed by atoms with van der Waals surface area (Å²) in [5.74, 6) is 5.33. The molecule has 0 unspecified atom stereocenters. The van der Waals surface area contributed by atoms with Crippen molar-refractivity contribution in [2.45, 2.75) is 40.5 Å². The maximum atomic E-state index is 11.7. The first-order valence-electron chi connectivity index (χ1n) is 8.49. The third kappa shape index (κ3) is 8.16. The monoisotopic (exact) mass is 379 g/mol. The third-order valence-corrected chi connectivity index (χ3v) is 3.75. The van der Waals surface area contributed by atoms with Crippen molar-refractivity contribution in [1.29, 1.82) is 0 Å². The maximum Gasteiger partial charge on any atom is 0.225 e. The fourth-order valence-electron chi connectivity index (χ4n) is 2.10. The van der Waals surface area contributed by atoms with Gasteiger partial charge in [-0.15, -0.1) is 6.58 Å². The van der Waals surface area contributed by atoms with Gasteiger partial charge in [0, 0.05) is 24.1 Å². The van der Waals surface area contributed by atoms with Crippen LogP contribution in [0.15, 0.2) is 41.1 Å². The maximum absolute atomic E-state index is 11.7. The van der Waals surface area contributed by atoms with Crippen molar-refractivity contribution in [3.63, 3.8) is 0 Å². The number of rotatable bonds is 3. The number of nitrogens with one attached hydrogen (secondary N) is 1. The van der Waals surface area contributed by atoms with E-state index in [1.807, 2.05) is 44.0 Å². The molecule has 0 bridgehead atoms. The lowest BCUT2D eigenvalue weighted by atomic mass is 10.1. The van der Waals surface area contributed by atoms with Gasteiger partial charge in [0.15, 0.2) is 0 Å². The van der Waals surface area contributed by atoms with Crippen molar-refractivity contribution in [1.82, 2.24) is 5.32 Å². The van der Waals surface area contributed by atoms with E-state index in [0.717, 1.165) is 35.1 Å². The van der Waals surface area contributed by atoms with Gasteiger partial charge in [-0.1, -0.05) is 37.6 Å². The summed E-state index contributed by atoms with van der Waals surface area (Å²) in [6.07, 6.45) is 3.12. The Bertz CT molecular complexity index is 624. The van der Waals surface area contributed by atoms with E-state index in [4.69, 9.17) is 11.6 Å². The van der Waals surface area contributed by atoms with Crippen LogP contribution in [0.2, 0.25) is 5.02 Å². The molecule has 26 heavy (non-hydrogen) atoms. The van der Waals surface area contributed by atoms with Crippen LogP contribution in [0.3, 0.4) is 0 Å². The second-order valence-corrected chi connectivity index (χ2v) is 6.20. The Balaban J connectivity index is 0.000000918. The molecule has 1 aliphatic heterocycles. The molecule has 6 nitrogen and oxygen atoms in total. The van der Waals surface area contributed by atoms with Gasteiger partial charge in [0.25, 0.3) is 0 Å². The van der Waals surface area contributed by atoms with Gasteiger partial charge >= 0.3 is 0 Å². The van der Waals surface area contributed by atoms with Crippen molar-refractivity contribution in [2.75, 3.05) is 11.6 Å². The summed E-state index contributed by atoms with van der Waals surface area (Å²) < 4.78 is 0. The molecule has 3 N–H and O–H groups in total. The van der Waals surface area contributed by atoms with Gasteiger partial charge in [-0.05, 0) is 38.0 Å². The molecular formula is C19H30ClN5O. The Kier molecular flexibility index (Phi) is 11.8. The average molecular weight is 380 g/mol. The predicted molar refractivity (Wildman–Crippen MR) is 113 cm³/mol. The van der Waals surface area contributed by atoms with Gasteiger partial charge < -0.3 is 11.2 Å². The lowest BCUT2D eigenvalue weighted by Crippen LogP contribution is -2.33. The van der Waals surface area contributed by atoms with Gasteiger partial charge in [-0.3, -0.25) is 9.80 Å². The molecule has 0 fully saturated rings. The zero-order chi connectivity index (χ0) is 20.1. The molecule has 0 radical (unpaired) electrons. The number of nitrogens with zero attached hydrogens (tertiary/aromatic N) is 3. The molecule has 7 heteroatoms. The zero-order valence-electron chi connectivity index (χ0n) is 16.1. The summed E-state index contributed by atoms with van der Waals surface area (Å²) in [5, 5.41) is 12.8. The van der Waals surface area contributed by atoms with Crippen LogP contribution in [0.1, 0.15) is 39.2 Å². The predicted octanol–water partition coefficient (Wildman–Crippen LogP) is 4.09. The Morgan fingerprint density at radius 2 is 2.15 bits per heavy atom. The molecule has 2 rings (SSSR count). The molecule has 1 aliphatic rings. The quantitative estimate of drug-likeness (QED) is 0.359. The number of amides is 1. The van der Waals surface area contributed by atoms with E-state index in [-0.39, 0.29) is 11.8 Å². The SMILES string of the molecule is C=CC.C=NN.CCCC(=O)NC1=NN(c2ccc(C)c(Cl)c2)C[C@@H]1C. The molecule has 0 aliphatic carbocycles. The zero-order valence-corrected chi connectivity index (χ0v) is 16.9. The molecule has 1 heterocycles. The lowest BCUT2D eigenvalue weighted by Gasteiger charge is -2.15. The number of anilines is 1. The standard InChI is InChI=1S/C15H20ClN3O.C3H6.CH4N2/c1-4-5-14(20)17-15-11(3)9-19(18-15)12-7-6-10(2)13(16)8-12;2*1-3-2/h6-8,11H,4-5,9H2,1-3H3,(H,17,18,20);3H,1H2,2H3;1-2H2/t11-;;/m0../s1. The van der Waals surface area contributed by atoms with Crippen LogP contribution in [-0.2, 0) is 4.79 Å². The summed E-state index contributed by atoms with van der Waals surface area (Å²) in [4.78, 5) is 11.7. The van der Waals surface area contributed by atoms with Gasteiger partial charge in [0.2, 0.25) is 5.91 Å². The van der Waals surface area contributed by atoms with Crippen molar-refractivity contribution in [3.05, 3.63) is 41.4 Å². The number of hydrogen-bond acceptors (Lipinski definition) is 5. The normalized spacial score (nSPS) is 14.9. The van der Waals surface area contributed by atoms with Crippen LogP contribution in [0.25, 0.3) is 0 Å². The number of hydrazone groups is 2. The number of hydrogen-bond donors (Lipinski definition) is 2. The van der Waals surface area contributed by atoms with E-state index < -0.39 is 0 Å². The number of carbonyl (C=O) groups excluding carboxylic acids is 1. The molecular weight excluding hydrogens is 350 g/mol. The number of amidine groups is 1. The summed E-state index contributed by atoms with van der Waals surface area (Å²) in [6, 6.07) is 5.88. The van der Waals surface area contributed by atoms with E-state index >= 15 is 0 Å². The van der Waals surface area contributed by atoms with Crippen LogP contribution >= 0.6 is 11.6 Å². The Hall–Kier alpha value is -2.34. The number of benzene rings is 1. The van der Waals surface area contributed by atoms with Gasteiger partial charge in [0.1, 0.15) is 5.84 Å². The number of nitrogens with two attached hydrogens (primary N) is 1. The minimum absolute atomic E-state index is 0.0295. The highest BCUT2D eigenvalue weighted by molar-refractivity contribution is 6.31. The van der Waals surface area contributed by atoms with E-state index in [1.165, 1.54) is 0 Å². The molecule has 1 aromatic rings. The minimum Gasteiger partial charge on any atom is -0.324 e. The van der Waals surface area contributed by atoms with Crippen molar-refractivity contribution < 1.29 is 4.79 Å². The molecule has 0 saturated carbocycles. The molecule has 144 valence electrons. The molecule has 1 amide bonds. The van der Waals surface area contributed by atoms with Crippen LogP contribution in [0, 0.1) is 12.8 Å². The Labute approximate surface area is 161 Å². The van der Waals surface area contributed by atoms with Crippen LogP contribution in [0.4, 0.5) is 5.69 Å². The molecule has 1 aromatic carbocycles. The molecule has 1 atom stereocenters. The molecule has 0 saturated heterocycles. The number of halogens is 1. The molecule has 0 aromatic heterocycles. The van der Waals surface area contributed by atoms with Crippen molar-refractivity contribution in [2.24, 2.45) is 22.0 Å². The van der Waals surface area contributed by atoms with Gasteiger partial charge in [-0.2, -0.15) is 10.2 Å². The van der Waals surface area contributed by atoms with Gasteiger partial charge in [0.05, 0.1) is 12.2 Å². The van der Waals surface area contributed by atoms with Crippen molar-refractivity contribution in [3.8, 4) is 0 Å². The van der Waals surface area contributed by atoms with Crippen LogP contribution in [0.5, 0.6) is 0 Å². The highest BCUT2D eigenvalue weighted by Crippen LogP contribution is 2.26. The number of allylic oxidation sites excluding steroid dienone is 1. The van der Waals surface area contributed by atoms with E-state index in [0.29, 0.717) is 6.42 Å². The van der Waals surface area contributed by atoms with Crippen LogP contribution < -0.4 is 16.2 Å². The van der Waals surface area contributed by atoms with E-state index in [1.54, 1.807) is 6.08 Å². The highest BCUT2D eigenvalue weighted by atomic mass is 35.5. The van der Waals surface area contributed by atoms with E-state index in [2.05, 4.69) is 41.6 Å². The highest BCUT2D eigenvalue weighted by Gasteiger charge is 2.25. The fraction of sp³-hybridized carbons (Fsp3) is 0.421. The third-order valence-electron chi connectivity index (χ3n) is 3.34. The smallest absolute Gasteiger partial charge is 0.225 e. The molecule has 0 spiro atoms. The van der Waals surface area contributed by atoms with Crippen LogP contribution in [-0.4, -0.2) is 25.0 Å². The second-order valence-electron chi connectivity index (χ2n) is 5.79. The van der Waals surface area contributed by atoms with Crippen molar-refractivity contribution >= 4 is 35.7 Å². The first-order chi connectivity index (χ1) is 12.3. The van der Waals surface area contributed by atoms with E-state index in [9.17, 15) is 4.79 Å². The largest absolute Gasteiger partial charge is 0.324 e. The van der Waals surface area contributed by atoms with Gasteiger partial charge in [-0.25, -0.2) is 0 Å². The fourth-order valence-corrected chi connectivity index (χ4v) is 2.28. The summed E-state index contributed by atoms with van der Waals surface area (Å²) in [6.45, 7) is 14.9. The number of aryl methyl sites for hydroxylation is 1. The first kappa shape index (κ1) is 23.7. The second kappa shape index (κ2) is 12.9. The number of carbonyl (C=O) groups is 1. The average Bonchev–Trinajstić information content (AvgIpc) is 2.92. The summed E-state index contributed by atoms with van der Waals surface area (Å²) in [7, 11) is 0. The lowest BCUT2D eigenvalue weighted by molar-refractivity contribution is -0.119. The summed E-state index contributed by atoms with van der Waals surface area (Å²) in [5.41, 5.74) is 2.00. The minimum atomic E-state index is 0.0295.